The Balaban J connectivity index is 1.82. The van der Waals surface area contributed by atoms with Gasteiger partial charge < -0.3 is 5.32 Å². The number of hydrogen-bond acceptors (Lipinski definition) is 4. The number of pyridine rings is 1. The Morgan fingerprint density at radius 1 is 1.42 bits per heavy atom. The molecule has 1 N–H and O–H groups in total. The van der Waals surface area contributed by atoms with Crippen molar-refractivity contribution in [3.63, 3.8) is 0 Å². The minimum atomic E-state index is -0.213. The van der Waals surface area contributed by atoms with E-state index in [1.54, 1.807) is 13.2 Å². The van der Waals surface area contributed by atoms with Crippen LogP contribution < -0.4 is 5.32 Å². The molecule has 0 atom stereocenters. The van der Waals surface area contributed by atoms with Crippen molar-refractivity contribution in [2.45, 2.75) is 19.3 Å². The summed E-state index contributed by atoms with van der Waals surface area (Å²) in [5.41, 5.74) is 1.34. The lowest BCUT2D eigenvalue weighted by Crippen LogP contribution is -2.38. The summed E-state index contributed by atoms with van der Waals surface area (Å²) in [4.78, 5) is 27.3. The van der Waals surface area contributed by atoms with E-state index in [9.17, 15) is 9.59 Å². The molecule has 0 fully saturated rings. The van der Waals surface area contributed by atoms with Crippen molar-refractivity contribution in [2.24, 2.45) is 5.10 Å². The molecule has 2 rings (SSSR count). The molecule has 0 aromatic carbocycles. The number of nitrogens with one attached hydrogen (secondary N) is 1. The highest BCUT2D eigenvalue weighted by molar-refractivity contribution is 6.39. The van der Waals surface area contributed by atoms with Crippen LogP contribution in [0, 0.1) is 0 Å². The van der Waals surface area contributed by atoms with Crippen LogP contribution in [0.4, 0.5) is 0 Å². The second-order valence-corrected chi connectivity index (χ2v) is 4.29. The summed E-state index contributed by atoms with van der Waals surface area (Å²) in [5, 5.41) is 7.97. The molecule has 0 spiro atoms. The predicted octanol–water partition coefficient (Wildman–Crippen LogP) is 0.348. The lowest BCUT2D eigenvalue weighted by molar-refractivity contribution is -0.130. The fraction of sp³-hybridized carbons (Fsp3) is 0.385. The number of rotatable bonds is 4. The van der Waals surface area contributed by atoms with E-state index in [1.165, 1.54) is 5.01 Å². The fourth-order valence-corrected chi connectivity index (χ4v) is 1.79. The zero-order valence-electron chi connectivity index (χ0n) is 10.8. The van der Waals surface area contributed by atoms with Crippen LogP contribution >= 0.6 is 0 Å². The molecule has 1 aromatic rings. The van der Waals surface area contributed by atoms with Gasteiger partial charge in [-0.3, -0.25) is 14.6 Å². The number of hydrazone groups is 1. The van der Waals surface area contributed by atoms with E-state index in [1.807, 2.05) is 18.2 Å². The molecule has 0 radical (unpaired) electrons. The van der Waals surface area contributed by atoms with Crippen LogP contribution in [0.2, 0.25) is 0 Å². The van der Waals surface area contributed by atoms with E-state index in [0.717, 1.165) is 5.69 Å². The standard InChI is InChI=1S/C13H16N4O2/c1-17-12(18)6-5-11(16-17)13(19)15-9-7-10-4-2-3-8-14-10/h2-4,8H,5-7,9H2,1H3,(H,15,19). The maximum absolute atomic E-state index is 11.8. The molecule has 0 unspecified atom stereocenters. The molecule has 0 aliphatic carbocycles. The van der Waals surface area contributed by atoms with Crippen molar-refractivity contribution in [3.8, 4) is 0 Å². The molecule has 19 heavy (non-hydrogen) atoms. The highest BCUT2D eigenvalue weighted by Gasteiger charge is 2.21. The third kappa shape index (κ3) is 3.61. The van der Waals surface area contributed by atoms with Crippen molar-refractivity contribution in [2.75, 3.05) is 13.6 Å². The summed E-state index contributed by atoms with van der Waals surface area (Å²) in [6.45, 7) is 0.506. The normalized spacial score (nSPS) is 15.1. The van der Waals surface area contributed by atoms with Crippen LogP contribution in [0.5, 0.6) is 0 Å². The third-order valence-corrected chi connectivity index (χ3v) is 2.86. The third-order valence-electron chi connectivity index (χ3n) is 2.86. The molecule has 6 nitrogen and oxygen atoms in total. The number of nitrogens with zero attached hydrogens (tertiary/aromatic N) is 3. The molecule has 0 bridgehead atoms. The lowest BCUT2D eigenvalue weighted by atomic mass is 10.1. The van der Waals surface area contributed by atoms with Crippen LogP contribution in [0.3, 0.4) is 0 Å². The summed E-state index contributed by atoms with van der Waals surface area (Å²) < 4.78 is 0. The topological polar surface area (TPSA) is 74.7 Å². The van der Waals surface area contributed by atoms with Gasteiger partial charge in [-0.2, -0.15) is 5.10 Å². The minimum absolute atomic E-state index is 0.0648. The first-order chi connectivity index (χ1) is 9.16. The van der Waals surface area contributed by atoms with Crippen molar-refractivity contribution in [3.05, 3.63) is 30.1 Å². The highest BCUT2D eigenvalue weighted by Crippen LogP contribution is 2.06. The first-order valence-electron chi connectivity index (χ1n) is 6.19. The fourth-order valence-electron chi connectivity index (χ4n) is 1.79. The van der Waals surface area contributed by atoms with Crippen molar-refractivity contribution in [1.29, 1.82) is 0 Å². The Morgan fingerprint density at radius 2 is 2.26 bits per heavy atom. The van der Waals surface area contributed by atoms with Crippen LogP contribution in [0.25, 0.3) is 0 Å². The van der Waals surface area contributed by atoms with Crippen LogP contribution in [0.1, 0.15) is 18.5 Å². The highest BCUT2D eigenvalue weighted by atomic mass is 16.2. The maximum atomic E-state index is 11.8. The van der Waals surface area contributed by atoms with Gasteiger partial charge in [-0.05, 0) is 12.1 Å². The van der Waals surface area contributed by atoms with E-state index in [2.05, 4.69) is 15.4 Å². The maximum Gasteiger partial charge on any atom is 0.267 e. The number of hydrogen-bond donors (Lipinski definition) is 1. The second kappa shape index (κ2) is 6.08. The summed E-state index contributed by atoms with van der Waals surface area (Å²) in [6, 6.07) is 5.68. The monoisotopic (exact) mass is 260 g/mol. The van der Waals surface area contributed by atoms with Crippen LogP contribution in [0.15, 0.2) is 29.5 Å². The molecular formula is C13H16N4O2. The van der Waals surface area contributed by atoms with E-state index in [-0.39, 0.29) is 11.8 Å². The molecule has 6 heteroatoms. The largest absolute Gasteiger partial charge is 0.351 e. The lowest BCUT2D eigenvalue weighted by Gasteiger charge is -2.18. The Morgan fingerprint density at radius 3 is 2.95 bits per heavy atom. The van der Waals surface area contributed by atoms with Crippen LogP contribution in [-0.2, 0) is 16.0 Å². The molecule has 2 amide bonds. The number of carbonyl (C=O) groups is 2. The van der Waals surface area contributed by atoms with Crippen LogP contribution in [-0.4, -0.2) is 41.1 Å². The van der Waals surface area contributed by atoms with Gasteiger partial charge in [0.15, 0.2) is 0 Å². The number of carbonyl (C=O) groups excluding carboxylic acids is 2. The summed E-state index contributed by atoms with van der Waals surface area (Å²) in [5.74, 6) is -0.277. The molecule has 1 aliphatic rings. The molecule has 1 aliphatic heterocycles. The van der Waals surface area contributed by atoms with E-state index >= 15 is 0 Å². The van der Waals surface area contributed by atoms with Gasteiger partial charge in [0, 0.05) is 44.7 Å². The minimum Gasteiger partial charge on any atom is -0.351 e. The molecule has 1 aromatic heterocycles. The van der Waals surface area contributed by atoms with E-state index < -0.39 is 0 Å². The second-order valence-electron chi connectivity index (χ2n) is 4.29. The first-order valence-corrected chi connectivity index (χ1v) is 6.19. The Bertz CT molecular complexity index is 499. The zero-order valence-corrected chi connectivity index (χ0v) is 10.8. The van der Waals surface area contributed by atoms with Gasteiger partial charge in [-0.15, -0.1) is 0 Å². The van der Waals surface area contributed by atoms with Crippen molar-refractivity contribution in [1.82, 2.24) is 15.3 Å². The Kier molecular flexibility index (Phi) is 4.22. The van der Waals surface area contributed by atoms with Crippen molar-refractivity contribution >= 4 is 17.5 Å². The van der Waals surface area contributed by atoms with Gasteiger partial charge >= 0.3 is 0 Å². The van der Waals surface area contributed by atoms with Gasteiger partial charge in [0.05, 0.1) is 0 Å². The van der Waals surface area contributed by atoms with Gasteiger partial charge in [-0.25, -0.2) is 5.01 Å². The molecular weight excluding hydrogens is 244 g/mol. The van der Waals surface area contributed by atoms with E-state index in [4.69, 9.17) is 0 Å². The predicted molar refractivity (Wildman–Crippen MR) is 70.4 cm³/mol. The average molecular weight is 260 g/mol. The van der Waals surface area contributed by atoms with Gasteiger partial charge in [0.25, 0.3) is 5.91 Å². The summed E-state index contributed by atoms with van der Waals surface area (Å²) >= 11 is 0. The summed E-state index contributed by atoms with van der Waals surface area (Å²) in [7, 11) is 1.56. The summed E-state index contributed by atoms with van der Waals surface area (Å²) in [6.07, 6.45) is 3.14. The van der Waals surface area contributed by atoms with Gasteiger partial charge in [0.1, 0.15) is 5.71 Å². The SMILES string of the molecule is CN1N=C(C(=O)NCCc2ccccn2)CCC1=O. The Labute approximate surface area is 111 Å². The molecule has 0 saturated heterocycles. The Hall–Kier alpha value is -2.24. The van der Waals surface area contributed by atoms with Gasteiger partial charge in [0.2, 0.25) is 5.91 Å². The smallest absolute Gasteiger partial charge is 0.267 e. The number of aromatic nitrogens is 1. The number of amides is 2. The van der Waals surface area contributed by atoms with E-state index in [0.29, 0.717) is 31.5 Å². The molecule has 0 saturated carbocycles. The zero-order chi connectivity index (χ0) is 13.7. The van der Waals surface area contributed by atoms with Crippen molar-refractivity contribution < 1.29 is 9.59 Å². The first kappa shape index (κ1) is 13.2. The average Bonchev–Trinajstić information content (AvgIpc) is 2.43. The van der Waals surface area contributed by atoms with Gasteiger partial charge in [-0.1, -0.05) is 6.07 Å². The quantitative estimate of drug-likeness (QED) is 0.848. The molecule has 2 heterocycles. The molecule has 100 valence electrons.